The second-order valence-corrected chi connectivity index (χ2v) is 6.84. The van der Waals surface area contributed by atoms with Crippen LogP contribution in [0.4, 0.5) is 4.79 Å². The third-order valence-corrected chi connectivity index (χ3v) is 3.88. The predicted molar refractivity (Wildman–Crippen MR) is 84.5 cm³/mol. The fourth-order valence-corrected chi connectivity index (χ4v) is 2.56. The zero-order valence-corrected chi connectivity index (χ0v) is 14.0. The number of nitrogens with zero attached hydrogens (tertiary/aromatic N) is 2. The molecule has 0 saturated carbocycles. The maximum atomic E-state index is 12.2. The zero-order chi connectivity index (χ0) is 16.2. The maximum Gasteiger partial charge on any atom is 0.410 e. The summed E-state index contributed by atoms with van der Waals surface area (Å²) in [4.78, 5) is 18.0. The molecule has 22 heavy (non-hydrogen) atoms. The van der Waals surface area contributed by atoms with Gasteiger partial charge in [-0.3, -0.25) is 4.98 Å². The van der Waals surface area contributed by atoms with E-state index in [0.29, 0.717) is 19.7 Å². The minimum atomic E-state index is -0.467. The van der Waals surface area contributed by atoms with E-state index in [0.717, 1.165) is 18.4 Å². The second kappa shape index (κ2) is 6.65. The van der Waals surface area contributed by atoms with Gasteiger partial charge >= 0.3 is 6.09 Å². The molecule has 2 rings (SSSR count). The normalized spacial score (nSPS) is 21.9. The van der Waals surface area contributed by atoms with Gasteiger partial charge in [-0.05, 0) is 45.2 Å². The van der Waals surface area contributed by atoms with E-state index in [2.05, 4.69) is 11.9 Å². The summed E-state index contributed by atoms with van der Waals surface area (Å²) in [6, 6.07) is 3.90. The number of rotatable bonds is 4. The quantitative estimate of drug-likeness (QED) is 0.855. The van der Waals surface area contributed by atoms with E-state index in [9.17, 15) is 4.79 Å². The molecule has 2 heterocycles. The molecule has 5 heteroatoms. The molecule has 0 N–H and O–H groups in total. The highest BCUT2D eigenvalue weighted by Gasteiger charge is 2.40. The van der Waals surface area contributed by atoms with Crippen molar-refractivity contribution < 1.29 is 14.3 Å². The van der Waals surface area contributed by atoms with Gasteiger partial charge in [0.15, 0.2) is 0 Å². The summed E-state index contributed by atoms with van der Waals surface area (Å²) < 4.78 is 11.6. The average Bonchev–Trinajstić information content (AvgIpc) is 2.90. The molecule has 0 radical (unpaired) electrons. The molecule has 0 aromatic carbocycles. The summed E-state index contributed by atoms with van der Waals surface area (Å²) in [5.74, 6) is 0. The number of ether oxygens (including phenoxy) is 2. The van der Waals surface area contributed by atoms with Crippen LogP contribution in [0.3, 0.4) is 0 Å². The maximum absolute atomic E-state index is 12.2. The summed E-state index contributed by atoms with van der Waals surface area (Å²) >= 11 is 0. The van der Waals surface area contributed by atoms with Gasteiger partial charge in [-0.25, -0.2) is 4.79 Å². The Labute approximate surface area is 132 Å². The Bertz CT molecular complexity index is 498. The lowest BCUT2D eigenvalue weighted by Gasteiger charge is -2.29. The van der Waals surface area contributed by atoms with Crippen molar-refractivity contribution >= 4 is 6.09 Å². The molecular weight excluding hydrogens is 280 g/mol. The molecule has 122 valence electrons. The molecular formula is C17H26N2O3. The van der Waals surface area contributed by atoms with Gasteiger partial charge in [0.05, 0.1) is 18.8 Å². The minimum Gasteiger partial charge on any atom is -0.444 e. The Hall–Kier alpha value is -1.62. The van der Waals surface area contributed by atoms with Gasteiger partial charge < -0.3 is 14.4 Å². The van der Waals surface area contributed by atoms with Gasteiger partial charge in [-0.1, -0.05) is 13.0 Å². The molecule has 1 saturated heterocycles. The monoisotopic (exact) mass is 306 g/mol. The Kier molecular flexibility index (Phi) is 5.06. The molecule has 0 bridgehead atoms. The van der Waals surface area contributed by atoms with Crippen LogP contribution in [0, 0.1) is 0 Å². The van der Waals surface area contributed by atoms with Crippen LogP contribution in [0.15, 0.2) is 24.5 Å². The van der Waals surface area contributed by atoms with Gasteiger partial charge in [0.2, 0.25) is 0 Å². The standard InChI is InChI=1S/C17H26N2O3/c1-5-17(21-12-14-7-6-9-18-11-14)8-10-19(13-17)15(20)22-16(2,3)4/h6-7,9,11H,5,8,10,12-13H2,1-4H3. The summed E-state index contributed by atoms with van der Waals surface area (Å²) in [6.45, 7) is 9.52. The van der Waals surface area contributed by atoms with Crippen molar-refractivity contribution in [1.29, 1.82) is 0 Å². The van der Waals surface area contributed by atoms with E-state index in [1.54, 1.807) is 11.1 Å². The summed E-state index contributed by atoms with van der Waals surface area (Å²) in [7, 11) is 0. The van der Waals surface area contributed by atoms with Crippen molar-refractivity contribution in [2.24, 2.45) is 0 Å². The minimum absolute atomic E-state index is 0.257. The van der Waals surface area contributed by atoms with E-state index >= 15 is 0 Å². The number of hydrogen-bond acceptors (Lipinski definition) is 4. The second-order valence-electron chi connectivity index (χ2n) is 6.84. The van der Waals surface area contributed by atoms with E-state index in [1.165, 1.54) is 0 Å². The van der Waals surface area contributed by atoms with Gasteiger partial charge in [0.1, 0.15) is 5.60 Å². The molecule has 5 nitrogen and oxygen atoms in total. The van der Waals surface area contributed by atoms with Crippen LogP contribution in [0.2, 0.25) is 0 Å². The number of aromatic nitrogens is 1. The Morgan fingerprint density at radius 3 is 2.82 bits per heavy atom. The lowest BCUT2D eigenvalue weighted by atomic mass is 10.00. The first-order chi connectivity index (χ1) is 10.3. The van der Waals surface area contributed by atoms with Crippen molar-refractivity contribution in [3.05, 3.63) is 30.1 Å². The van der Waals surface area contributed by atoms with E-state index in [4.69, 9.17) is 9.47 Å². The van der Waals surface area contributed by atoms with E-state index in [1.807, 2.05) is 39.1 Å². The van der Waals surface area contributed by atoms with E-state index < -0.39 is 5.60 Å². The first-order valence-corrected chi connectivity index (χ1v) is 7.84. The molecule has 1 amide bonds. The highest BCUT2D eigenvalue weighted by molar-refractivity contribution is 5.68. The molecule has 0 spiro atoms. The summed E-state index contributed by atoms with van der Waals surface area (Å²) in [5, 5.41) is 0. The van der Waals surface area contributed by atoms with Crippen LogP contribution in [0.1, 0.15) is 46.1 Å². The smallest absolute Gasteiger partial charge is 0.410 e. The topological polar surface area (TPSA) is 51.7 Å². The average molecular weight is 306 g/mol. The fourth-order valence-electron chi connectivity index (χ4n) is 2.56. The highest BCUT2D eigenvalue weighted by Crippen LogP contribution is 2.30. The first kappa shape index (κ1) is 16.7. The third kappa shape index (κ3) is 4.44. The Balaban J connectivity index is 1.93. The SMILES string of the molecule is CCC1(OCc2cccnc2)CCN(C(=O)OC(C)(C)C)C1. The van der Waals surface area contributed by atoms with Gasteiger partial charge in [-0.2, -0.15) is 0 Å². The molecule has 1 aromatic heterocycles. The van der Waals surface area contributed by atoms with Crippen LogP contribution in [-0.4, -0.2) is 40.3 Å². The Morgan fingerprint density at radius 1 is 1.45 bits per heavy atom. The number of pyridine rings is 1. The number of carbonyl (C=O) groups is 1. The molecule has 1 aliphatic heterocycles. The van der Waals surface area contributed by atoms with Crippen molar-refractivity contribution in [1.82, 2.24) is 9.88 Å². The molecule has 1 unspecified atom stereocenters. The fraction of sp³-hybridized carbons (Fsp3) is 0.647. The van der Waals surface area contributed by atoms with Gasteiger partial charge in [-0.15, -0.1) is 0 Å². The van der Waals surface area contributed by atoms with Crippen molar-refractivity contribution in [3.8, 4) is 0 Å². The largest absolute Gasteiger partial charge is 0.444 e. The number of amides is 1. The predicted octanol–water partition coefficient (Wildman–Crippen LogP) is 3.39. The van der Waals surface area contributed by atoms with Crippen LogP contribution in [0.5, 0.6) is 0 Å². The molecule has 1 fully saturated rings. The lowest BCUT2D eigenvalue weighted by Crippen LogP contribution is -2.40. The zero-order valence-electron chi connectivity index (χ0n) is 14.0. The van der Waals surface area contributed by atoms with Gasteiger partial charge in [0, 0.05) is 18.9 Å². The van der Waals surface area contributed by atoms with Crippen LogP contribution < -0.4 is 0 Å². The van der Waals surface area contributed by atoms with Crippen LogP contribution >= 0.6 is 0 Å². The first-order valence-electron chi connectivity index (χ1n) is 7.84. The van der Waals surface area contributed by atoms with Crippen molar-refractivity contribution in [2.45, 2.75) is 58.3 Å². The lowest BCUT2D eigenvalue weighted by molar-refractivity contribution is -0.0528. The summed E-state index contributed by atoms with van der Waals surface area (Å²) in [6.07, 6.45) is 5.01. The van der Waals surface area contributed by atoms with Crippen LogP contribution in [0.25, 0.3) is 0 Å². The van der Waals surface area contributed by atoms with E-state index in [-0.39, 0.29) is 11.7 Å². The van der Waals surface area contributed by atoms with Crippen molar-refractivity contribution in [3.63, 3.8) is 0 Å². The molecule has 1 atom stereocenters. The van der Waals surface area contributed by atoms with Gasteiger partial charge in [0.25, 0.3) is 0 Å². The Morgan fingerprint density at radius 2 is 2.23 bits per heavy atom. The number of carbonyl (C=O) groups excluding carboxylic acids is 1. The summed E-state index contributed by atoms with van der Waals surface area (Å²) in [5.41, 5.74) is 0.295. The number of likely N-dealkylation sites (tertiary alicyclic amines) is 1. The van der Waals surface area contributed by atoms with Crippen molar-refractivity contribution in [2.75, 3.05) is 13.1 Å². The number of hydrogen-bond donors (Lipinski definition) is 0. The molecule has 1 aliphatic rings. The molecule has 0 aliphatic carbocycles. The molecule has 1 aromatic rings. The highest BCUT2D eigenvalue weighted by atomic mass is 16.6. The third-order valence-electron chi connectivity index (χ3n) is 3.88. The van der Waals surface area contributed by atoms with Crippen LogP contribution in [-0.2, 0) is 16.1 Å².